The lowest BCUT2D eigenvalue weighted by Gasteiger charge is -2.39. The van der Waals surface area contributed by atoms with E-state index in [9.17, 15) is 4.79 Å². The van der Waals surface area contributed by atoms with Gasteiger partial charge in [-0.1, -0.05) is 0 Å². The second-order valence-corrected chi connectivity index (χ2v) is 6.93. The molecule has 116 valence electrons. The van der Waals surface area contributed by atoms with Crippen molar-refractivity contribution in [2.75, 3.05) is 26.8 Å². The molecule has 2 aliphatic rings. The molecule has 3 heterocycles. The highest BCUT2D eigenvalue weighted by Gasteiger charge is 2.42. The molecule has 3 rings (SSSR count). The maximum atomic E-state index is 12.2. The van der Waals surface area contributed by atoms with Gasteiger partial charge >= 0.3 is 0 Å². The molecule has 2 atom stereocenters. The van der Waals surface area contributed by atoms with Gasteiger partial charge in [-0.3, -0.25) is 9.69 Å². The third-order valence-corrected chi connectivity index (χ3v) is 5.39. The minimum Gasteiger partial charge on any atom is -0.383 e. The summed E-state index contributed by atoms with van der Waals surface area (Å²) in [6.45, 7) is 5.37. The molecule has 0 aromatic carbocycles. The number of ether oxygens (including phenoxy) is 1. The highest BCUT2D eigenvalue weighted by molar-refractivity contribution is 7.09. The van der Waals surface area contributed by atoms with Crippen LogP contribution in [-0.2, 0) is 16.1 Å². The van der Waals surface area contributed by atoms with E-state index >= 15 is 0 Å². The van der Waals surface area contributed by atoms with Gasteiger partial charge in [-0.2, -0.15) is 0 Å². The Hall–Kier alpha value is -0.980. The van der Waals surface area contributed by atoms with Gasteiger partial charge in [-0.25, -0.2) is 4.98 Å². The number of hydrogen-bond donors (Lipinski definition) is 0. The number of fused-ring (bicyclic) bond motifs is 1. The molecule has 2 fully saturated rings. The minimum absolute atomic E-state index is 0.291. The molecule has 21 heavy (non-hydrogen) atoms. The lowest BCUT2D eigenvalue weighted by atomic mass is 9.96. The van der Waals surface area contributed by atoms with Gasteiger partial charge in [0.2, 0.25) is 5.91 Å². The Kier molecular flexibility index (Phi) is 4.57. The summed E-state index contributed by atoms with van der Waals surface area (Å²) < 4.78 is 5.15. The van der Waals surface area contributed by atoms with Crippen LogP contribution in [0.2, 0.25) is 0 Å². The number of methoxy groups -OCH3 is 1. The molecule has 5 nitrogen and oxygen atoms in total. The monoisotopic (exact) mass is 309 g/mol. The molecular formula is C15H23N3O2S. The zero-order valence-corrected chi connectivity index (χ0v) is 13.6. The van der Waals surface area contributed by atoms with E-state index in [1.165, 1.54) is 5.69 Å². The first-order chi connectivity index (χ1) is 10.2. The summed E-state index contributed by atoms with van der Waals surface area (Å²) in [5, 5.41) is 3.28. The van der Waals surface area contributed by atoms with E-state index in [-0.39, 0.29) is 0 Å². The molecule has 1 amide bonds. The van der Waals surface area contributed by atoms with Gasteiger partial charge in [0.05, 0.1) is 17.3 Å². The van der Waals surface area contributed by atoms with Crippen LogP contribution in [-0.4, -0.2) is 59.6 Å². The Morgan fingerprint density at radius 3 is 3.00 bits per heavy atom. The molecular weight excluding hydrogens is 286 g/mol. The number of hydrogen-bond acceptors (Lipinski definition) is 5. The number of nitrogens with zero attached hydrogens (tertiary/aromatic N) is 3. The van der Waals surface area contributed by atoms with E-state index in [4.69, 9.17) is 4.74 Å². The van der Waals surface area contributed by atoms with Crippen molar-refractivity contribution in [2.45, 2.75) is 44.8 Å². The molecule has 2 saturated heterocycles. The molecule has 1 aromatic rings. The summed E-state index contributed by atoms with van der Waals surface area (Å²) in [6, 6.07) is 0.850. The fourth-order valence-electron chi connectivity index (χ4n) is 3.60. The Labute approximate surface area is 129 Å². The van der Waals surface area contributed by atoms with Crippen molar-refractivity contribution < 1.29 is 9.53 Å². The average molecular weight is 309 g/mol. The maximum absolute atomic E-state index is 12.2. The topological polar surface area (TPSA) is 45.7 Å². The Morgan fingerprint density at radius 1 is 1.43 bits per heavy atom. The zero-order chi connectivity index (χ0) is 14.8. The van der Waals surface area contributed by atoms with Crippen molar-refractivity contribution in [2.24, 2.45) is 0 Å². The van der Waals surface area contributed by atoms with Gasteiger partial charge in [-0.05, 0) is 19.8 Å². The number of amides is 1. The molecule has 2 aliphatic heterocycles. The predicted octanol–water partition coefficient (Wildman–Crippen LogP) is 1.66. The summed E-state index contributed by atoms with van der Waals surface area (Å²) in [4.78, 5) is 21.3. The van der Waals surface area contributed by atoms with Crippen LogP contribution in [0.4, 0.5) is 0 Å². The van der Waals surface area contributed by atoms with Crippen molar-refractivity contribution in [1.82, 2.24) is 14.8 Å². The van der Waals surface area contributed by atoms with Crippen LogP contribution in [0.25, 0.3) is 0 Å². The lowest BCUT2D eigenvalue weighted by Crippen LogP contribution is -2.52. The second-order valence-electron chi connectivity index (χ2n) is 5.87. The third-order valence-electron chi connectivity index (χ3n) is 4.57. The van der Waals surface area contributed by atoms with Gasteiger partial charge in [-0.15, -0.1) is 11.3 Å². The van der Waals surface area contributed by atoms with Crippen molar-refractivity contribution in [3.8, 4) is 0 Å². The first-order valence-electron chi connectivity index (χ1n) is 7.62. The second kappa shape index (κ2) is 6.42. The predicted molar refractivity (Wildman–Crippen MR) is 82.3 cm³/mol. The smallest absolute Gasteiger partial charge is 0.223 e. The Bertz CT molecular complexity index is 505. The molecule has 0 bridgehead atoms. The maximum Gasteiger partial charge on any atom is 0.223 e. The summed E-state index contributed by atoms with van der Waals surface area (Å²) in [6.07, 6.45) is 2.72. The molecule has 0 unspecified atom stereocenters. The number of carbonyl (C=O) groups is 1. The molecule has 0 aliphatic carbocycles. The SMILES string of the molecule is COCCN1C(=O)CC[C@H]2[C@H]1CCN2Cc1csc(C)n1. The molecule has 0 saturated carbocycles. The van der Waals surface area contributed by atoms with Crippen LogP contribution < -0.4 is 0 Å². The fourth-order valence-corrected chi connectivity index (χ4v) is 4.21. The van der Waals surface area contributed by atoms with Crippen molar-refractivity contribution in [1.29, 1.82) is 0 Å². The number of rotatable bonds is 5. The standard InChI is InChI=1S/C15H23N3O2S/c1-11-16-12(10-21-11)9-17-6-5-14-13(17)3-4-15(19)18(14)7-8-20-2/h10,13-14H,3-9H2,1-2H3/t13-,14+/m0/s1. The highest BCUT2D eigenvalue weighted by atomic mass is 32.1. The Balaban J connectivity index is 1.67. The van der Waals surface area contributed by atoms with Crippen molar-refractivity contribution in [3.05, 3.63) is 16.1 Å². The molecule has 6 heteroatoms. The number of aromatic nitrogens is 1. The van der Waals surface area contributed by atoms with Gasteiger partial charge in [0.1, 0.15) is 0 Å². The first kappa shape index (κ1) is 14.9. The van der Waals surface area contributed by atoms with Crippen LogP contribution in [0.1, 0.15) is 30.0 Å². The number of likely N-dealkylation sites (tertiary alicyclic amines) is 2. The highest BCUT2D eigenvalue weighted by Crippen LogP contribution is 2.32. The third kappa shape index (κ3) is 3.12. The molecule has 0 radical (unpaired) electrons. The number of thiazole rings is 1. The van der Waals surface area contributed by atoms with Crippen LogP contribution in [0.15, 0.2) is 5.38 Å². The first-order valence-corrected chi connectivity index (χ1v) is 8.50. The van der Waals surface area contributed by atoms with E-state index in [0.717, 1.165) is 37.5 Å². The number of aryl methyl sites for hydroxylation is 1. The van der Waals surface area contributed by atoms with Crippen LogP contribution >= 0.6 is 11.3 Å². The minimum atomic E-state index is 0.291. The number of piperidine rings is 1. The van der Waals surface area contributed by atoms with Gasteiger partial charge in [0, 0.05) is 50.6 Å². The van der Waals surface area contributed by atoms with E-state index in [2.05, 4.69) is 15.3 Å². The van der Waals surface area contributed by atoms with Gasteiger partial charge in [0.25, 0.3) is 0 Å². The Morgan fingerprint density at radius 2 is 2.29 bits per heavy atom. The van der Waals surface area contributed by atoms with Crippen LogP contribution in [0, 0.1) is 6.92 Å². The van der Waals surface area contributed by atoms with Crippen LogP contribution in [0.5, 0.6) is 0 Å². The normalized spacial score (nSPS) is 26.4. The van der Waals surface area contributed by atoms with Gasteiger partial charge in [0.15, 0.2) is 0 Å². The van der Waals surface area contributed by atoms with E-state index in [1.807, 2.05) is 11.8 Å². The van der Waals surface area contributed by atoms with E-state index in [0.29, 0.717) is 31.0 Å². The van der Waals surface area contributed by atoms with Gasteiger partial charge < -0.3 is 9.64 Å². The van der Waals surface area contributed by atoms with E-state index in [1.54, 1.807) is 18.4 Å². The zero-order valence-electron chi connectivity index (χ0n) is 12.7. The average Bonchev–Trinajstić information content (AvgIpc) is 3.05. The summed E-state index contributed by atoms with van der Waals surface area (Å²) >= 11 is 1.71. The fraction of sp³-hybridized carbons (Fsp3) is 0.733. The largest absolute Gasteiger partial charge is 0.383 e. The molecule has 0 spiro atoms. The summed E-state index contributed by atoms with van der Waals surface area (Å²) in [5.74, 6) is 0.291. The van der Waals surface area contributed by atoms with E-state index < -0.39 is 0 Å². The molecule has 1 aromatic heterocycles. The lowest BCUT2D eigenvalue weighted by molar-refractivity contribution is -0.138. The quantitative estimate of drug-likeness (QED) is 0.830. The number of carbonyl (C=O) groups excluding carboxylic acids is 1. The van der Waals surface area contributed by atoms with Crippen molar-refractivity contribution in [3.63, 3.8) is 0 Å². The van der Waals surface area contributed by atoms with Crippen LogP contribution in [0.3, 0.4) is 0 Å². The summed E-state index contributed by atoms with van der Waals surface area (Å²) in [5.41, 5.74) is 1.17. The summed E-state index contributed by atoms with van der Waals surface area (Å²) in [7, 11) is 1.69. The van der Waals surface area contributed by atoms with Crippen molar-refractivity contribution >= 4 is 17.2 Å². The molecule has 0 N–H and O–H groups in total.